The number of nitrogens with zero attached hydrogens (tertiary/aromatic N) is 3. The number of ether oxygens (including phenoxy) is 2. The molecule has 2 saturated heterocycles. The largest absolute Gasteiger partial charge is 0.486 e. The Morgan fingerprint density at radius 1 is 1.03 bits per heavy atom. The third-order valence-electron chi connectivity index (χ3n) is 6.95. The van der Waals surface area contributed by atoms with Crippen LogP contribution in [0.15, 0.2) is 18.2 Å². The van der Waals surface area contributed by atoms with Crippen molar-refractivity contribution in [2.45, 2.75) is 51.7 Å². The average molecular weight is 417 g/mol. The minimum absolute atomic E-state index is 0.0276. The van der Waals surface area contributed by atoms with E-state index in [0.29, 0.717) is 31.0 Å². The second-order valence-corrected chi connectivity index (χ2v) is 8.91. The van der Waals surface area contributed by atoms with E-state index >= 15 is 0 Å². The van der Waals surface area contributed by atoms with Crippen molar-refractivity contribution < 1.29 is 14.3 Å². The van der Waals surface area contributed by atoms with Gasteiger partial charge in [-0.15, -0.1) is 0 Å². The smallest absolute Gasteiger partial charge is 0.241 e. The zero-order chi connectivity index (χ0) is 21.1. The zero-order valence-corrected chi connectivity index (χ0v) is 18.6. The topological polar surface area (TPSA) is 57.3 Å². The number of nitrogens with one attached hydrogen (secondary N) is 1. The lowest BCUT2D eigenvalue weighted by Gasteiger charge is -2.38. The number of rotatable bonds is 6. The van der Waals surface area contributed by atoms with Crippen molar-refractivity contribution >= 4 is 11.6 Å². The van der Waals surface area contributed by atoms with E-state index in [1.54, 1.807) is 0 Å². The number of hydrogen-bond donors (Lipinski definition) is 1. The SMILES string of the molecule is CC(C(=O)Nc1ccc2c(c1)OCCO2)N1CCN(CCN2C(C)CCC2C)CC1. The van der Waals surface area contributed by atoms with Gasteiger partial charge in [0, 0.05) is 63.1 Å². The summed E-state index contributed by atoms with van der Waals surface area (Å²) in [6.07, 6.45) is 2.65. The van der Waals surface area contributed by atoms with Gasteiger partial charge in [-0.1, -0.05) is 0 Å². The predicted molar refractivity (Wildman–Crippen MR) is 118 cm³/mol. The molecule has 1 N–H and O–H groups in total. The van der Waals surface area contributed by atoms with Gasteiger partial charge in [-0.3, -0.25) is 19.5 Å². The van der Waals surface area contributed by atoms with Crippen LogP contribution in [0.5, 0.6) is 11.5 Å². The number of piperazine rings is 1. The van der Waals surface area contributed by atoms with E-state index in [2.05, 4.69) is 33.9 Å². The van der Waals surface area contributed by atoms with Crippen LogP contribution in [0.2, 0.25) is 0 Å². The van der Waals surface area contributed by atoms with Crippen LogP contribution >= 0.6 is 0 Å². The number of likely N-dealkylation sites (tertiary alicyclic amines) is 1. The van der Waals surface area contributed by atoms with Crippen LogP contribution in [-0.2, 0) is 4.79 Å². The summed E-state index contributed by atoms with van der Waals surface area (Å²) in [6, 6.07) is 6.85. The van der Waals surface area contributed by atoms with Crippen LogP contribution in [0.4, 0.5) is 5.69 Å². The number of hydrogen-bond acceptors (Lipinski definition) is 6. The lowest BCUT2D eigenvalue weighted by Crippen LogP contribution is -2.54. The maximum absolute atomic E-state index is 12.8. The fraction of sp³-hybridized carbons (Fsp3) is 0.696. The zero-order valence-electron chi connectivity index (χ0n) is 18.6. The Bertz CT molecular complexity index is 725. The average Bonchev–Trinajstić information content (AvgIpc) is 3.09. The maximum Gasteiger partial charge on any atom is 0.241 e. The molecular weight excluding hydrogens is 380 g/mol. The van der Waals surface area contributed by atoms with Crippen molar-refractivity contribution in [3.05, 3.63) is 18.2 Å². The highest BCUT2D eigenvalue weighted by molar-refractivity contribution is 5.94. The van der Waals surface area contributed by atoms with Crippen LogP contribution < -0.4 is 14.8 Å². The summed E-state index contributed by atoms with van der Waals surface area (Å²) in [4.78, 5) is 20.3. The van der Waals surface area contributed by atoms with Gasteiger partial charge in [0.15, 0.2) is 11.5 Å². The number of carbonyl (C=O) groups excluding carboxylic acids is 1. The summed E-state index contributed by atoms with van der Waals surface area (Å²) in [5.41, 5.74) is 0.753. The maximum atomic E-state index is 12.8. The minimum atomic E-state index is -0.154. The molecule has 3 unspecified atom stereocenters. The molecule has 3 aliphatic heterocycles. The molecule has 7 heteroatoms. The summed E-state index contributed by atoms with van der Waals surface area (Å²) in [7, 11) is 0. The number of carbonyl (C=O) groups is 1. The first-order valence-corrected chi connectivity index (χ1v) is 11.4. The molecule has 0 aromatic heterocycles. The second-order valence-electron chi connectivity index (χ2n) is 8.91. The predicted octanol–water partition coefficient (Wildman–Crippen LogP) is 2.28. The van der Waals surface area contributed by atoms with Gasteiger partial charge in [-0.2, -0.15) is 0 Å². The third kappa shape index (κ3) is 4.90. The number of benzene rings is 1. The molecule has 3 heterocycles. The molecule has 1 aromatic carbocycles. The molecule has 1 amide bonds. The normalized spacial score (nSPS) is 26.5. The minimum Gasteiger partial charge on any atom is -0.486 e. The molecule has 4 rings (SSSR count). The van der Waals surface area contributed by atoms with E-state index in [1.165, 1.54) is 12.8 Å². The van der Waals surface area contributed by atoms with Gasteiger partial charge in [0.25, 0.3) is 0 Å². The molecule has 2 fully saturated rings. The highest BCUT2D eigenvalue weighted by atomic mass is 16.6. The van der Waals surface area contributed by atoms with E-state index in [-0.39, 0.29) is 11.9 Å². The Labute approximate surface area is 180 Å². The lowest BCUT2D eigenvalue weighted by atomic mass is 10.2. The van der Waals surface area contributed by atoms with Crippen molar-refractivity contribution in [3.63, 3.8) is 0 Å². The quantitative estimate of drug-likeness (QED) is 0.768. The van der Waals surface area contributed by atoms with Gasteiger partial charge >= 0.3 is 0 Å². The van der Waals surface area contributed by atoms with Gasteiger partial charge in [-0.05, 0) is 45.7 Å². The summed E-state index contributed by atoms with van der Waals surface area (Å²) in [6.45, 7) is 14.0. The molecule has 7 nitrogen and oxygen atoms in total. The van der Waals surface area contributed by atoms with Gasteiger partial charge in [-0.25, -0.2) is 0 Å². The first-order valence-electron chi connectivity index (χ1n) is 11.4. The van der Waals surface area contributed by atoms with Crippen molar-refractivity contribution in [1.82, 2.24) is 14.7 Å². The Balaban J connectivity index is 1.23. The molecule has 1 aromatic rings. The Hall–Kier alpha value is -1.83. The third-order valence-corrected chi connectivity index (χ3v) is 6.95. The molecule has 30 heavy (non-hydrogen) atoms. The van der Waals surface area contributed by atoms with E-state index in [9.17, 15) is 4.79 Å². The summed E-state index contributed by atoms with van der Waals surface area (Å²) in [5.74, 6) is 1.46. The second kappa shape index (κ2) is 9.54. The van der Waals surface area contributed by atoms with Gasteiger partial charge in [0.2, 0.25) is 5.91 Å². The highest BCUT2D eigenvalue weighted by Crippen LogP contribution is 2.32. The molecule has 3 aliphatic rings. The van der Waals surface area contributed by atoms with Gasteiger partial charge in [0.05, 0.1) is 6.04 Å². The Morgan fingerprint density at radius 3 is 2.40 bits per heavy atom. The number of amides is 1. The highest BCUT2D eigenvalue weighted by Gasteiger charge is 2.29. The van der Waals surface area contributed by atoms with E-state index in [1.807, 2.05) is 25.1 Å². The van der Waals surface area contributed by atoms with Crippen molar-refractivity contribution in [2.75, 3.05) is 57.8 Å². The standard InChI is InChI=1S/C23H36N4O3/c1-17-4-5-18(2)27(17)13-10-25-8-11-26(12-9-25)19(3)23(28)24-20-6-7-21-22(16-20)30-15-14-29-21/h6-7,16-19H,4-5,8-15H2,1-3H3,(H,24,28). The van der Waals surface area contributed by atoms with Crippen molar-refractivity contribution in [1.29, 1.82) is 0 Å². The van der Waals surface area contributed by atoms with E-state index < -0.39 is 0 Å². The molecule has 0 spiro atoms. The van der Waals surface area contributed by atoms with Crippen LogP contribution in [0, 0.1) is 0 Å². The van der Waals surface area contributed by atoms with Gasteiger partial charge < -0.3 is 14.8 Å². The number of fused-ring (bicyclic) bond motifs is 1. The molecule has 0 aliphatic carbocycles. The van der Waals surface area contributed by atoms with Crippen LogP contribution in [0.3, 0.4) is 0 Å². The monoisotopic (exact) mass is 416 g/mol. The first kappa shape index (κ1) is 21.4. The van der Waals surface area contributed by atoms with E-state index in [0.717, 1.165) is 50.7 Å². The molecular formula is C23H36N4O3. The van der Waals surface area contributed by atoms with Crippen molar-refractivity contribution in [3.8, 4) is 11.5 Å². The summed E-state index contributed by atoms with van der Waals surface area (Å²) < 4.78 is 11.2. The molecule has 0 saturated carbocycles. The summed E-state index contributed by atoms with van der Waals surface area (Å²) >= 11 is 0. The van der Waals surface area contributed by atoms with Crippen LogP contribution in [0.25, 0.3) is 0 Å². The molecule has 0 radical (unpaired) electrons. The molecule has 166 valence electrons. The van der Waals surface area contributed by atoms with Gasteiger partial charge in [0.1, 0.15) is 13.2 Å². The van der Waals surface area contributed by atoms with Crippen LogP contribution in [0.1, 0.15) is 33.6 Å². The van der Waals surface area contributed by atoms with Crippen molar-refractivity contribution in [2.24, 2.45) is 0 Å². The van der Waals surface area contributed by atoms with E-state index in [4.69, 9.17) is 9.47 Å². The Kier molecular flexibility index (Phi) is 6.80. The first-order chi connectivity index (χ1) is 14.5. The molecule has 3 atom stereocenters. The summed E-state index contributed by atoms with van der Waals surface area (Å²) in [5, 5.41) is 3.04. The lowest BCUT2D eigenvalue weighted by molar-refractivity contribution is -0.121. The Morgan fingerprint density at radius 2 is 1.70 bits per heavy atom. The number of anilines is 1. The fourth-order valence-corrected chi connectivity index (χ4v) is 4.85. The molecule has 0 bridgehead atoms. The fourth-order valence-electron chi connectivity index (χ4n) is 4.85. The van der Waals surface area contributed by atoms with Crippen LogP contribution in [-0.4, -0.2) is 91.2 Å².